The summed E-state index contributed by atoms with van der Waals surface area (Å²) in [5, 5.41) is 10.5. The number of aliphatic hydroxyl groups is 1. The Morgan fingerprint density at radius 3 is 2.83 bits per heavy atom. The van der Waals surface area contributed by atoms with Crippen LogP contribution in [-0.2, 0) is 0 Å². The first-order valence-corrected chi connectivity index (χ1v) is 5.63. The summed E-state index contributed by atoms with van der Waals surface area (Å²) in [4.78, 5) is 4.00. The highest BCUT2D eigenvalue weighted by Gasteiger charge is 2.19. The lowest BCUT2D eigenvalue weighted by Crippen LogP contribution is -2.05. The third-order valence-corrected chi connectivity index (χ3v) is 2.85. The number of rotatable bonds is 3. The number of aliphatic hydroxyl groups excluding tert-OH is 1. The molecule has 1 aromatic carbocycles. The molecule has 0 radical (unpaired) electrons. The lowest BCUT2D eigenvalue weighted by molar-refractivity contribution is 0.209. The zero-order valence-corrected chi connectivity index (χ0v) is 10.4. The SMILES string of the molecule is COc1ccc(F)cc1C(O)c1ncccc1Cl. The van der Waals surface area contributed by atoms with E-state index < -0.39 is 11.9 Å². The maximum Gasteiger partial charge on any atom is 0.126 e. The number of ether oxygens (including phenoxy) is 1. The van der Waals surface area contributed by atoms with Gasteiger partial charge in [0.2, 0.25) is 0 Å². The fourth-order valence-electron chi connectivity index (χ4n) is 1.67. The molecule has 1 atom stereocenters. The minimum atomic E-state index is -1.13. The van der Waals surface area contributed by atoms with Gasteiger partial charge in [0.15, 0.2) is 0 Å². The van der Waals surface area contributed by atoms with Crippen LogP contribution in [0.15, 0.2) is 36.5 Å². The number of hydrogen-bond acceptors (Lipinski definition) is 3. The lowest BCUT2D eigenvalue weighted by atomic mass is 10.0. The van der Waals surface area contributed by atoms with E-state index in [0.29, 0.717) is 10.8 Å². The van der Waals surface area contributed by atoms with Gasteiger partial charge in [-0.25, -0.2) is 4.39 Å². The molecule has 1 N–H and O–H groups in total. The molecule has 1 aromatic heterocycles. The van der Waals surface area contributed by atoms with Crippen molar-refractivity contribution in [2.45, 2.75) is 6.10 Å². The molecule has 18 heavy (non-hydrogen) atoms. The number of aromatic nitrogens is 1. The Kier molecular flexibility index (Phi) is 3.79. The van der Waals surface area contributed by atoms with Gasteiger partial charge in [-0.05, 0) is 30.3 Å². The molecule has 0 fully saturated rings. The van der Waals surface area contributed by atoms with Crippen molar-refractivity contribution in [3.63, 3.8) is 0 Å². The molecule has 0 aliphatic carbocycles. The quantitative estimate of drug-likeness (QED) is 0.930. The molecule has 1 unspecified atom stereocenters. The smallest absolute Gasteiger partial charge is 0.126 e. The van der Waals surface area contributed by atoms with Crippen molar-refractivity contribution < 1.29 is 14.2 Å². The molecule has 0 bridgehead atoms. The Labute approximate surface area is 109 Å². The van der Waals surface area contributed by atoms with Crippen molar-refractivity contribution in [3.05, 3.63) is 58.6 Å². The van der Waals surface area contributed by atoms with Gasteiger partial charge in [0.05, 0.1) is 17.8 Å². The number of methoxy groups -OCH3 is 1. The van der Waals surface area contributed by atoms with Crippen LogP contribution in [0.3, 0.4) is 0 Å². The van der Waals surface area contributed by atoms with Crippen LogP contribution in [0.1, 0.15) is 17.4 Å². The Hall–Kier alpha value is -1.65. The summed E-state index contributed by atoms with van der Waals surface area (Å²) in [5.41, 5.74) is 0.557. The second-order valence-electron chi connectivity index (χ2n) is 3.66. The average molecular weight is 268 g/mol. The Bertz CT molecular complexity index is 562. The Morgan fingerprint density at radius 1 is 1.39 bits per heavy atom. The van der Waals surface area contributed by atoms with Crippen LogP contribution in [-0.4, -0.2) is 17.2 Å². The van der Waals surface area contributed by atoms with Crippen molar-refractivity contribution in [1.29, 1.82) is 0 Å². The fraction of sp³-hybridized carbons (Fsp3) is 0.154. The second-order valence-corrected chi connectivity index (χ2v) is 4.07. The van der Waals surface area contributed by atoms with E-state index in [1.54, 1.807) is 12.1 Å². The van der Waals surface area contributed by atoms with Gasteiger partial charge in [0.1, 0.15) is 17.7 Å². The molecule has 3 nitrogen and oxygen atoms in total. The summed E-state index contributed by atoms with van der Waals surface area (Å²) in [6, 6.07) is 7.18. The second kappa shape index (κ2) is 5.33. The normalized spacial score (nSPS) is 12.2. The molecule has 0 aliphatic heterocycles. The van der Waals surface area contributed by atoms with Gasteiger partial charge in [-0.2, -0.15) is 0 Å². The molecule has 2 rings (SSSR count). The van der Waals surface area contributed by atoms with E-state index in [0.717, 1.165) is 0 Å². The van der Waals surface area contributed by atoms with Crippen molar-refractivity contribution in [3.8, 4) is 5.75 Å². The summed E-state index contributed by atoms with van der Waals surface area (Å²) < 4.78 is 18.3. The van der Waals surface area contributed by atoms with Gasteiger partial charge in [-0.1, -0.05) is 11.6 Å². The highest BCUT2D eigenvalue weighted by molar-refractivity contribution is 6.31. The molecule has 0 saturated heterocycles. The monoisotopic (exact) mass is 267 g/mol. The molecule has 2 aromatic rings. The zero-order valence-electron chi connectivity index (χ0n) is 9.60. The Balaban J connectivity index is 2.48. The summed E-state index contributed by atoms with van der Waals surface area (Å²) in [7, 11) is 1.45. The van der Waals surface area contributed by atoms with Crippen molar-refractivity contribution in [1.82, 2.24) is 4.98 Å². The molecule has 94 valence electrons. The summed E-state index contributed by atoms with van der Waals surface area (Å²) >= 11 is 5.95. The topological polar surface area (TPSA) is 42.4 Å². The third-order valence-electron chi connectivity index (χ3n) is 2.53. The maximum absolute atomic E-state index is 13.2. The van der Waals surface area contributed by atoms with Gasteiger partial charge in [-0.15, -0.1) is 0 Å². The first kappa shape index (κ1) is 12.8. The minimum Gasteiger partial charge on any atom is -0.496 e. The minimum absolute atomic E-state index is 0.267. The fourth-order valence-corrected chi connectivity index (χ4v) is 1.89. The summed E-state index contributed by atoms with van der Waals surface area (Å²) in [6.07, 6.45) is 0.375. The van der Waals surface area contributed by atoms with Crippen molar-refractivity contribution >= 4 is 11.6 Å². The standard InChI is InChI=1S/C13H11ClFNO2/c1-18-11-5-4-8(15)7-9(11)13(17)12-10(14)3-2-6-16-12/h2-7,13,17H,1H3. The molecular weight excluding hydrogens is 257 g/mol. The van der Waals surface area contributed by atoms with Crippen LogP contribution in [0.4, 0.5) is 4.39 Å². The van der Waals surface area contributed by atoms with Crippen LogP contribution in [0.25, 0.3) is 0 Å². The third kappa shape index (κ3) is 2.44. The van der Waals surface area contributed by atoms with Crippen LogP contribution in [0.5, 0.6) is 5.75 Å². The summed E-state index contributed by atoms with van der Waals surface area (Å²) in [6.45, 7) is 0. The number of benzene rings is 1. The van der Waals surface area contributed by atoms with E-state index >= 15 is 0 Å². The summed E-state index contributed by atoms with van der Waals surface area (Å²) in [5.74, 6) is -0.0810. The first-order valence-electron chi connectivity index (χ1n) is 5.25. The van der Waals surface area contributed by atoms with Gasteiger partial charge in [0.25, 0.3) is 0 Å². The number of halogens is 2. The molecule has 0 spiro atoms. The predicted octanol–water partition coefficient (Wildman–Crippen LogP) is 2.96. The number of nitrogens with zero attached hydrogens (tertiary/aromatic N) is 1. The molecule has 0 aliphatic rings. The maximum atomic E-state index is 13.2. The first-order chi connectivity index (χ1) is 8.63. The number of pyridine rings is 1. The number of hydrogen-bond donors (Lipinski definition) is 1. The Morgan fingerprint density at radius 2 is 2.17 bits per heavy atom. The van der Waals surface area contributed by atoms with Gasteiger partial charge < -0.3 is 9.84 Å². The van der Waals surface area contributed by atoms with Crippen molar-refractivity contribution in [2.75, 3.05) is 7.11 Å². The van der Waals surface area contributed by atoms with E-state index in [9.17, 15) is 9.50 Å². The molecule has 0 amide bonds. The molecule has 0 saturated carbocycles. The van der Waals surface area contributed by atoms with E-state index in [4.69, 9.17) is 16.3 Å². The van der Waals surface area contributed by atoms with Crippen LogP contribution in [0.2, 0.25) is 5.02 Å². The van der Waals surface area contributed by atoms with Crippen molar-refractivity contribution in [2.24, 2.45) is 0 Å². The van der Waals surface area contributed by atoms with Crippen LogP contribution < -0.4 is 4.74 Å². The average Bonchev–Trinajstić information content (AvgIpc) is 2.38. The highest BCUT2D eigenvalue weighted by Crippen LogP contribution is 2.32. The van der Waals surface area contributed by atoms with Crippen LogP contribution >= 0.6 is 11.6 Å². The predicted molar refractivity (Wildman–Crippen MR) is 66.3 cm³/mol. The lowest BCUT2D eigenvalue weighted by Gasteiger charge is -2.15. The zero-order chi connectivity index (χ0) is 13.1. The van der Waals surface area contributed by atoms with Gasteiger partial charge in [-0.3, -0.25) is 4.98 Å². The van der Waals surface area contributed by atoms with E-state index in [1.807, 2.05) is 0 Å². The molecular formula is C13H11ClFNO2. The van der Waals surface area contributed by atoms with E-state index in [1.165, 1.54) is 31.5 Å². The van der Waals surface area contributed by atoms with Crippen LogP contribution in [0, 0.1) is 5.82 Å². The largest absolute Gasteiger partial charge is 0.496 e. The van der Waals surface area contributed by atoms with E-state index in [2.05, 4.69) is 4.98 Å². The van der Waals surface area contributed by atoms with Gasteiger partial charge >= 0.3 is 0 Å². The van der Waals surface area contributed by atoms with Gasteiger partial charge in [0, 0.05) is 11.8 Å². The van der Waals surface area contributed by atoms with E-state index in [-0.39, 0.29) is 11.3 Å². The molecule has 5 heteroatoms. The highest BCUT2D eigenvalue weighted by atomic mass is 35.5. The molecule has 1 heterocycles.